The number of allylic oxidation sites excluding steroid dienone is 4. The molecule has 0 saturated heterocycles. The van der Waals surface area contributed by atoms with Crippen molar-refractivity contribution in [1.82, 2.24) is 26.9 Å². The lowest BCUT2D eigenvalue weighted by molar-refractivity contribution is -0.228. The maximum atomic E-state index is 13.7. The van der Waals surface area contributed by atoms with Crippen LogP contribution in [0.3, 0.4) is 0 Å². The van der Waals surface area contributed by atoms with Crippen molar-refractivity contribution in [2.75, 3.05) is 70.6 Å². The second-order valence-corrected chi connectivity index (χ2v) is 41.8. The predicted octanol–water partition coefficient (Wildman–Crippen LogP) is 25.8. The average molecular weight is 2050 g/mol. The molecule has 0 fully saturated rings. The van der Waals surface area contributed by atoms with E-state index < -0.39 is 82.2 Å². The summed E-state index contributed by atoms with van der Waals surface area (Å²) in [5.74, 6) is -0.224. The fourth-order valence-corrected chi connectivity index (χ4v) is 20.4. The van der Waals surface area contributed by atoms with Crippen LogP contribution >= 0.6 is 7.82 Å². The molecule has 28 heteroatoms. The van der Waals surface area contributed by atoms with Crippen LogP contribution in [0.1, 0.15) is 387 Å². The first kappa shape index (κ1) is 126. The smallest absolute Gasteiger partial charge is 0.338 e. The molecule has 4 aromatic carbocycles. The van der Waals surface area contributed by atoms with Gasteiger partial charge in [-0.1, -0.05) is 294 Å². The lowest BCUT2D eigenvalue weighted by atomic mass is 9.90. The van der Waals surface area contributed by atoms with Crippen LogP contribution in [-0.2, 0) is 57.6 Å². The molecule has 0 radical (unpaired) electrons. The van der Waals surface area contributed by atoms with Gasteiger partial charge in [-0.25, -0.2) is 30.9 Å². The van der Waals surface area contributed by atoms with Gasteiger partial charge in [-0.2, -0.15) is 0 Å². The van der Waals surface area contributed by atoms with Crippen LogP contribution in [-0.4, -0.2) is 117 Å². The number of quaternary nitrogens is 2. The molecule has 2 aliphatic heterocycles. The molecule has 0 saturated carbocycles. The summed E-state index contributed by atoms with van der Waals surface area (Å²) in [7, 11) is -15.1. The largest absolute Gasteiger partial charge is 1.00 e. The van der Waals surface area contributed by atoms with Crippen LogP contribution in [0, 0.1) is 0 Å². The van der Waals surface area contributed by atoms with Crippen molar-refractivity contribution in [3.63, 3.8) is 0 Å². The first-order chi connectivity index (χ1) is 67.4. The normalized spacial score (nSPS) is 13.0. The van der Waals surface area contributed by atoms with Gasteiger partial charge in [0.25, 0.3) is 7.82 Å². The zero-order valence-corrected chi connectivity index (χ0v) is 92.1. The van der Waals surface area contributed by atoms with E-state index in [0.29, 0.717) is 79.0 Å². The van der Waals surface area contributed by atoms with Gasteiger partial charge in [0.15, 0.2) is 6.10 Å². The van der Waals surface area contributed by atoms with E-state index in [4.69, 9.17) is 37.1 Å². The standard InChI is InChI=1S/C68H106N3O14PS2.C46H66N2O3.ClH.2H3N/c1-7-13-15-17-19-21-23-25-27-29-31-33-35-37-39-41-66(72)81-54-58(84-67(73)42-40-38-36-34-32-30-28-26-24-22-20-18-16-14-8-2)55-83-86(74,75)82-50-49-69-87(76,77)59-45-48-62(65(53-59)88(78,79)80)68-60-46-43-56(70(9-3)10-4)51-63(60)85-64-52-57(44-47-61(64)68)71(11-5)12-6;1-6-9-10-11-12-13-14-15-16-17-18-19-20-21-22-25-32-50-46(49)40-27-24-23-26-39(40)45-41-30-28-37(36(5)47-8-3)33-43(41)51-44-34-38(29-31-42(44)45)48-35(4)7-2;;;/h25-28,43-48,51-53,58,69H,7-24,29-42,49-50,54-55H2,1-6H3,(H-,74,75,78,79,80);23-24,26-31,33-36,47H,6-22,25,32H2,1-5H3;1H;2*1H3/b27-25-,28-26-;;;;/t58-;;;;/m1..../s1. The van der Waals surface area contributed by atoms with Crippen LogP contribution in [0.4, 0.5) is 5.69 Å². The molecule has 0 spiro atoms. The third kappa shape index (κ3) is 46.0. The topological polar surface area (TPSA) is 371 Å². The molecule has 2 heterocycles. The minimum Gasteiger partial charge on any atom is -1.00 e. The first-order valence-corrected chi connectivity index (χ1v) is 58.0. The second kappa shape index (κ2) is 72.4. The molecule has 2 aliphatic carbocycles. The summed E-state index contributed by atoms with van der Waals surface area (Å²) in [6.07, 6.45) is 58.8. The lowest BCUT2D eigenvalue weighted by Crippen LogP contribution is -3.00. The first-order valence-electron chi connectivity index (χ1n) is 53.6. The number of hydrogen-bond donors (Lipinski definition) is 4. The monoisotopic (exact) mass is 2050 g/mol. The Morgan fingerprint density at radius 2 is 0.965 bits per heavy atom. The summed E-state index contributed by atoms with van der Waals surface area (Å²) in [6.45, 7) is 25.0. The molecule has 10 N–H and O–H groups in total. The number of hydrogen-bond acceptors (Lipinski definition) is 20. The molecule has 8 rings (SSSR count). The molecule has 0 bridgehead atoms. The van der Waals surface area contributed by atoms with Crippen LogP contribution < -0.4 is 59.8 Å². The molecule has 4 aromatic rings. The molecule has 796 valence electrons. The summed E-state index contributed by atoms with van der Waals surface area (Å²) in [5.41, 5.74) is 7.40. The van der Waals surface area contributed by atoms with Crippen molar-refractivity contribution in [2.45, 2.75) is 393 Å². The highest BCUT2D eigenvalue weighted by Crippen LogP contribution is 2.46. The number of ether oxygens (including phenoxy) is 3. The van der Waals surface area contributed by atoms with E-state index >= 15 is 0 Å². The number of halogens is 1. The zero-order chi connectivity index (χ0) is 100. The van der Waals surface area contributed by atoms with Gasteiger partial charge in [0.05, 0.1) is 46.6 Å². The van der Waals surface area contributed by atoms with E-state index in [1.807, 2.05) is 82.3 Å². The highest BCUT2D eigenvalue weighted by atomic mass is 35.5. The van der Waals surface area contributed by atoms with Crippen LogP contribution in [0.15, 0.2) is 163 Å². The quantitative estimate of drug-likeness (QED) is 0.00402. The summed E-state index contributed by atoms with van der Waals surface area (Å²) >= 11 is 0. The summed E-state index contributed by atoms with van der Waals surface area (Å²) < 4.78 is 124. The third-order valence-electron chi connectivity index (χ3n) is 26.2. The molecule has 4 atom stereocenters. The predicted molar refractivity (Wildman–Crippen MR) is 578 cm³/mol. The molecule has 0 aromatic heterocycles. The number of unbranched alkanes of at least 4 members (excludes halogenated alkanes) is 37. The number of sulfonamides is 1. The van der Waals surface area contributed by atoms with Crippen LogP contribution in [0.5, 0.6) is 0 Å². The van der Waals surface area contributed by atoms with Gasteiger partial charge in [0.1, 0.15) is 52.5 Å². The number of carbonyl (C=O) groups excluding carboxylic acids is 3. The van der Waals surface area contributed by atoms with Gasteiger partial charge in [-0.15, -0.1) is 0 Å². The molecule has 3 unspecified atom stereocenters. The Bertz CT molecular complexity index is 5340. The Morgan fingerprint density at radius 1 is 0.493 bits per heavy atom. The van der Waals surface area contributed by atoms with Gasteiger partial charge in [-0.05, 0) is 191 Å². The number of phosphoric ester groups is 1. The van der Waals surface area contributed by atoms with Gasteiger partial charge >= 0.3 is 17.9 Å². The average Bonchev–Trinajstić information content (AvgIpc) is 0.742. The Labute approximate surface area is 859 Å². The van der Waals surface area contributed by atoms with Crippen molar-refractivity contribution >= 4 is 73.5 Å². The fourth-order valence-electron chi connectivity index (χ4n) is 17.8. The van der Waals surface area contributed by atoms with Crippen LogP contribution in [0.25, 0.3) is 66.8 Å². The molecular weight excluding hydrogens is 1870 g/mol. The van der Waals surface area contributed by atoms with E-state index in [-0.39, 0.29) is 61.2 Å². The van der Waals surface area contributed by atoms with E-state index in [1.54, 1.807) is 12.1 Å². The fraction of sp³-hybridized carbons (Fsp3) is 0.605. The number of fused-ring (bicyclic) bond motifs is 4. The molecular formula is C114H179ClN7O17PS2. The third-order valence-corrected chi connectivity index (χ3v) is 29.5. The number of carbonyl (C=O) groups is 3. The minimum absolute atomic E-state index is 0. The number of phosphoric acid groups is 1. The van der Waals surface area contributed by atoms with Gasteiger partial charge in [0.2, 0.25) is 15.4 Å². The van der Waals surface area contributed by atoms with E-state index in [1.165, 1.54) is 173 Å². The molecule has 142 heavy (non-hydrogen) atoms. The number of rotatable bonds is 73. The van der Waals surface area contributed by atoms with Crippen molar-refractivity contribution in [3.05, 3.63) is 161 Å². The van der Waals surface area contributed by atoms with E-state index in [2.05, 4.69) is 123 Å². The number of esters is 3. The van der Waals surface area contributed by atoms with Crippen molar-refractivity contribution in [1.29, 1.82) is 0 Å². The minimum atomic E-state index is -5.34. The summed E-state index contributed by atoms with van der Waals surface area (Å²) in [5, 5.41) is 6.73. The molecule has 4 aliphatic rings. The highest BCUT2D eigenvalue weighted by molar-refractivity contribution is 7.89. The molecule has 0 amide bonds. The van der Waals surface area contributed by atoms with E-state index in [0.717, 1.165) is 170 Å². The highest BCUT2D eigenvalue weighted by Gasteiger charge is 2.29. The Morgan fingerprint density at radius 3 is 1.48 bits per heavy atom. The lowest BCUT2D eigenvalue weighted by Gasteiger charge is -2.25. The zero-order valence-electron chi connectivity index (χ0n) is 88.8. The van der Waals surface area contributed by atoms with Gasteiger partial charge in [0, 0.05) is 107 Å². The van der Waals surface area contributed by atoms with Crippen molar-refractivity contribution in [3.8, 4) is 44.9 Å². The van der Waals surface area contributed by atoms with Crippen molar-refractivity contribution in [2.24, 2.45) is 4.99 Å². The summed E-state index contributed by atoms with van der Waals surface area (Å²) in [6, 6.07) is 35.1. The Kier molecular flexibility index (Phi) is 64.4. The summed E-state index contributed by atoms with van der Waals surface area (Å²) in [4.78, 5) is 58.2. The Balaban J connectivity index is 0.000000661. The van der Waals surface area contributed by atoms with Crippen molar-refractivity contribution < 1.29 is 89.7 Å². The van der Waals surface area contributed by atoms with Gasteiger partial charge < -0.3 is 76.5 Å². The maximum absolute atomic E-state index is 13.7. The number of benzene rings is 6. The SMILES string of the molecule is CCCCCCCC/C=C\CCCCCCCC(=O)OC[C@H](COP(=O)([O-])OCCNS(=O)(=O)c1ccc(-c2c3ccc(=[N+](CC)CC)cc-3oc3cc(N(CC)CC)ccc23)c(S(=O)(=O)[O-])c1)OC(=O)CCCCCCC/C=C\CCCCCCCC.CCCCCCCCCCCCCCCCCCOC(=O)c1ccccc1-c1c2ccc(=NC(C)CC)cc-2oc2cc(C(C)NCC)ccc12.[Cl-].[NH4+].[NH4+]. The van der Waals surface area contributed by atoms with E-state index in [9.17, 15) is 45.2 Å². The number of nitrogens with zero attached hydrogens (tertiary/aromatic N) is 3. The maximum Gasteiger partial charge on any atom is 0.338 e. The van der Waals surface area contributed by atoms with Gasteiger partial charge in [-0.3, -0.25) is 19.1 Å². The number of nitrogens with one attached hydrogen (secondary N) is 2. The second-order valence-electron chi connectivity index (χ2n) is 37.3. The molecule has 24 nitrogen and oxygen atoms in total. The number of anilines is 1. The Hall–Kier alpha value is -7.95. The van der Waals surface area contributed by atoms with Crippen LogP contribution in [0.2, 0.25) is 0 Å².